The molecule has 0 aliphatic heterocycles. The number of rotatable bonds is 8. The second-order valence-corrected chi connectivity index (χ2v) is 8.57. The van der Waals surface area contributed by atoms with Gasteiger partial charge in [0.15, 0.2) is 5.82 Å². The van der Waals surface area contributed by atoms with Crippen LogP contribution >= 0.6 is 0 Å². The topological polar surface area (TPSA) is 86.9 Å². The largest absolute Gasteiger partial charge is 0.344 e. The Balaban J connectivity index is 1.33. The lowest BCUT2D eigenvalue weighted by atomic mass is 9.86. The number of hydrogen-bond donors (Lipinski definition) is 3. The summed E-state index contributed by atoms with van der Waals surface area (Å²) >= 11 is 0. The van der Waals surface area contributed by atoms with Crippen molar-refractivity contribution in [2.24, 2.45) is 17.8 Å². The molecule has 2 bridgehead atoms. The van der Waals surface area contributed by atoms with Gasteiger partial charge in [0, 0.05) is 12.5 Å². The number of hydrogen-bond acceptors (Lipinski definition) is 3. The summed E-state index contributed by atoms with van der Waals surface area (Å²) in [5.74, 6) is 2.30. The molecule has 2 aromatic rings. The highest BCUT2D eigenvalue weighted by Gasteiger charge is 2.40. The van der Waals surface area contributed by atoms with Crippen molar-refractivity contribution < 1.29 is 9.59 Å². The Morgan fingerprint density at radius 2 is 2.03 bits per heavy atom. The zero-order chi connectivity index (χ0) is 20.2. The SMILES string of the molecule is CCCC(NC(=O)CC1CC2CCC1C2)C(=O)Nc1cc(-c2ccccc2)[nH]n1. The van der Waals surface area contributed by atoms with Gasteiger partial charge in [-0.2, -0.15) is 5.10 Å². The van der Waals surface area contributed by atoms with Crippen molar-refractivity contribution in [3.8, 4) is 11.3 Å². The lowest BCUT2D eigenvalue weighted by molar-refractivity contribution is -0.127. The minimum absolute atomic E-state index is 0.00292. The van der Waals surface area contributed by atoms with Gasteiger partial charge in [-0.1, -0.05) is 50.1 Å². The number of nitrogens with one attached hydrogen (secondary N) is 3. The number of fused-ring (bicyclic) bond motifs is 2. The molecule has 2 fully saturated rings. The van der Waals surface area contributed by atoms with Crippen molar-refractivity contribution in [3.05, 3.63) is 36.4 Å². The number of nitrogens with zero attached hydrogens (tertiary/aromatic N) is 1. The fourth-order valence-corrected chi connectivity index (χ4v) is 5.04. The van der Waals surface area contributed by atoms with Gasteiger partial charge in [-0.15, -0.1) is 0 Å². The van der Waals surface area contributed by atoms with Gasteiger partial charge in [0.25, 0.3) is 0 Å². The Hall–Kier alpha value is -2.63. The second kappa shape index (κ2) is 8.80. The maximum Gasteiger partial charge on any atom is 0.248 e. The van der Waals surface area contributed by atoms with Crippen LogP contribution in [0.2, 0.25) is 0 Å². The van der Waals surface area contributed by atoms with Gasteiger partial charge in [-0.25, -0.2) is 0 Å². The Bertz CT molecular complexity index is 848. The summed E-state index contributed by atoms with van der Waals surface area (Å²) in [5.41, 5.74) is 1.85. The van der Waals surface area contributed by atoms with Crippen LogP contribution in [0, 0.1) is 17.8 Å². The van der Waals surface area contributed by atoms with Crippen molar-refractivity contribution in [1.29, 1.82) is 0 Å². The van der Waals surface area contributed by atoms with E-state index < -0.39 is 6.04 Å². The molecule has 0 spiro atoms. The summed E-state index contributed by atoms with van der Waals surface area (Å²) in [6.45, 7) is 2.02. The maximum absolute atomic E-state index is 12.8. The quantitative estimate of drug-likeness (QED) is 0.629. The molecule has 2 saturated carbocycles. The summed E-state index contributed by atoms with van der Waals surface area (Å²) in [6, 6.07) is 11.1. The fraction of sp³-hybridized carbons (Fsp3) is 0.522. The van der Waals surface area contributed by atoms with Crippen LogP contribution in [0.5, 0.6) is 0 Å². The van der Waals surface area contributed by atoms with E-state index in [0.717, 1.165) is 23.6 Å². The number of carbonyl (C=O) groups excluding carboxylic acids is 2. The highest BCUT2D eigenvalue weighted by molar-refractivity contribution is 5.96. The van der Waals surface area contributed by atoms with E-state index in [4.69, 9.17) is 0 Å². The molecule has 0 radical (unpaired) electrons. The summed E-state index contributed by atoms with van der Waals surface area (Å²) in [5, 5.41) is 13.0. The van der Waals surface area contributed by atoms with Crippen molar-refractivity contribution in [1.82, 2.24) is 15.5 Å². The van der Waals surface area contributed by atoms with E-state index in [0.29, 0.717) is 30.5 Å². The average Bonchev–Trinajstić information content (AvgIpc) is 3.45. The molecule has 6 nitrogen and oxygen atoms in total. The van der Waals surface area contributed by atoms with Crippen LogP contribution in [-0.2, 0) is 9.59 Å². The van der Waals surface area contributed by atoms with Gasteiger partial charge in [0.05, 0.1) is 5.69 Å². The number of aromatic nitrogens is 2. The number of aromatic amines is 1. The molecular weight excluding hydrogens is 364 g/mol. The van der Waals surface area contributed by atoms with E-state index in [2.05, 4.69) is 20.8 Å². The summed E-state index contributed by atoms with van der Waals surface area (Å²) in [6.07, 6.45) is 7.06. The minimum Gasteiger partial charge on any atom is -0.344 e. The zero-order valence-electron chi connectivity index (χ0n) is 17.0. The molecular formula is C23H30N4O2. The molecule has 4 rings (SSSR count). The number of anilines is 1. The standard InChI is InChI=1S/C23H30N4O2/c1-2-6-19(24-22(28)13-18-12-15-9-10-17(18)11-15)23(29)25-21-14-20(26-27-21)16-7-4-3-5-8-16/h3-5,7-8,14-15,17-19H,2,6,9-13H2,1H3,(H,24,28)(H2,25,26,27,29). The number of H-pyrrole nitrogens is 1. The van der Waals surface area contributed by atoms with Crippen LogP contribution < -0.4 is 10.6 Å². The van der Waals surface area contributed by atoms with Gasteiger partial charge in [-0.05, 0) is 49.0 Å². The highest BCUT2D eigenvalue weighted by Crippen LogP contribution is 2.49. The van der Waals surface area contributed by atoms with E-state index in [9.17, 15) is 9.59 Å². The van der Waals surface area contributed by atoms with Crippen LogP contribution in [0.15, 0.2) is 36.4 Å². The molecule has 154 valence electrons. The third-order valence-electron chi connectivity index (χ3n) is 6.48. The molecule has 2 aliphatic rings. The summed E-state index contributed by atoms with van der Waals surface area (Å²) in [7, 11) is 0. The first-order chi connectivity index (χ1) is 14.1. The lowest BCUT2D eigenvalue weighted by Gasteiger charge is -2.23. The Morgan fingerprint density at radius 1 is 1.21 bits per heavy atom. The molecule has 29 heavy (non-hydrogen) atoms. The predicted molar refractivity (Wildman–Crippen MR) is 113 cm³/mol. The molecule has 6 heteroatoms. The Kier molecular flexibility index (Phi) is 5.97. The molecule has 0 saturated heterocycles. The van der Waals surface area contributed by atoms with Crippen molar-refractivity contribution in [2.75, 3.05) is 5.32 Å². The normalized spacial score (nSPS) is 23.7. The molecule has 3 N–H and O–H groups in total. The Labute approximate surface area is 171 Å². The minimum atomic E-state index is -0.525. The summed E-state index contributed by atoms with van der Waals surface area (Å²) in [4.78, 5) is 25.4. The Morgan fingerprint density at radius 3 is 2.72 bits per heavy atom. The molecule has 2 amide bonds. The van der Waals surface area contributed by atoms with Crippen LogP contribution in [0.3, 0.4) is 0 Å². The first kappa shape index (κ1) is 19.7. The smallest absolute Gasteiger partial charge is 0.248 e. The molecule has 4 unspecified atom stereocenters. The third kappa shape index (κ3) is 4.69. The molecule has 1 aromatic heterocycles. The second-order valence-electron chi connectivity index (χ2n) is 8.57. The van der Waals surface area contributed by atoms with Crippen LogP contribution in [-0.4, -0.2) is 28.1 Å². The van der Waals surface area contributed by atoms with E-state index in [-0.39, 0.29) is 11.8 Å². The molecule has 1 aromatic carbocycles. The van der Waals surface area contributed by atoms with Gasteiger partial charge in [-0.3, -0.25) is 14.7 Å². The maximum atomic E-state index is 12.8. The lowest BCUT2D eigenvalue weighted by Crippen LogP contribution is -2.44. The van der Waals surface area contributed by atoms with Crippen molar-refractivity contribution in [3.63, 3.8) is 0 Å². The van der Waals surface area contributed by atoms with Crippen molar-refractivity contribution >= 4 is 17.6 Å². The molecule has 2 aliphatic carbocycles. The van der Waals surface area contributed by atoms with Gasteiger partial charge in [0.2, 0.25) is 11.8 Å². The van der Waals surface area contributed by atoms with Crippen molar-refractivity contribution in [2.45, 2.75) is 57.9 Å². The fourth-order valence-electron chi connectivity index (χ4n) is 5.04. The highest BCUT2D eigenvalue weighted by atomic mass is 16.2. The van der Waals surface area contributed by atoms with E-state index in [1.807, 2.05) is 43.3 Å². The first-order valence-electron chi connectivity index (χ1n) is 10.8. The first-order valence-corrected chi connectivity index (χ1v) is 10.8. The molecule has 1 heterocycles. The average molecular weight is 395 g/mol. The zero-order valence-corrected chi connectivity index (χ0v) is 17.0. The number of amides is 2. The molecule has 4 atom stereocenters. The monoisotopic (exact) mass is 394 g/mol. The van der Waals surface area contributed by atoms with Gasteiger partial charge in [0.1, 0.15) is 6.04 Å². The number of benzene rings is 1. The predicted octanol–water partition coefficient (Wildman–Crippen LogP) is 4.13. The summed E-state index contributed by atoms with van der Waals surface area (Å²) < 4.78 is 0. The van der Waals surface area contributed by atoms with Gasteiger partial charge < -0.3 is 10.6 Å². The van der Waals surface area contributed by atoms with Gasteiger partial charge >= 0.3 is 0 Å². The number of carbonyl (C=O) groups is 2. The van der Waals surface area contributed by atoms with Crippen LogP contribution in [0.25, 0.3) is 11.3 Å². The van der Waals surface area contributed by atoms with E-state index in [1.165, 1.54) is 25.7 Å². The van der Waals surface area contributed by atoms with E-state index >= 15 is 0 Å². The third-order valence-corrected chi connectivity index (χ3v) is 6.48. The van der Waals surface area contributed by atoms with E-state index in [1.54, 1.807) is 0 Å². The van der Waals surface area contributed by atoms with Crippen LogP contribution in [0.4, 0.5) is 5.82 Å². The van der Waals surface area contributed by atoms with Crippen LogP contribution in [0.1, 0.15) is 51.9 Å².